The number of carbonyl (C=O) groups is 3. The van der Waals surface area contributed by atoms with Gasteiger partial charge in [0.1, 0.15) is 0 Å². The number of hydrazine groups is 1. The molecule has 4 unspecified atom stereocenters. The van der Waals surface area contributed by atoms with Crippen LogP contribution in [0.25, 0.3) is 0 Å². The Kier molecular flexibility index (Phi) is 6.08. The molecule has 0 saturated carbocycles. The molecule has 2 saturated heterocycles. The zero-order chi connectivity index (χ0) is 21.3. The van der Waals surface area contributed by atoms with Crippen LogP contribution in [0, 0.1) is 17.8 Å². The number of nitrogens with two attached hydrogens (primary N) is 1. The molecule has 4 atom stereocenters. The van der Waals surface area contributed by atoms with E-state index < -0.39 is 11.8 Å². The lowest BCUT2D eigenvalue weighted by atomic mass is 9.78. The zero-order valence-corrected chi connectivity index (χ0v) is 17.6. The van der Waals surface area contributed by atoms with Crippen LogP contribution < -0.4 is 11.2 Å². The Bertz CT molecular complexity index is 808. The molecule has 0 bridgehead atoms. The average molecular weight is 417 g/mol. The van der Waals surface area contributed by atoms with Crippen LogP contribution in [0.5, 0.6) is 0 Å². The van der Waals surface area contributed by atoms with Crippen molar-refractivity contribution in [1.29, 1.82) is 0 Å². The summed E-state index contributed by atoms with van der Waals surface area (Å²) in [5, 5.41) is 8.88. The Morgan fingerprint density at radius 2 is 2.03 bits per heavy atom. The highest BCUT2D eigenvalue weighted by molar-refractivity contribution is 6.34. The highest BCUT2D eigenvalue weighted by Crippen LogP contribution is 2.34. The lowest BCUT2D eigenvalue weighted by Gasteiger charge is -2.43. The summed E-state index contributed by atoms with van der Waals surface area (Å²) >= 11 is 0. The van der Waals surface area contributed by atoms with Crippen LogP contribution in [0.3, 0.4) is 0 Å². The number of carbonyl (C=O) groups excluding carboxylic acids is 3. The van der Waals surface area contributed by atoms with Crippen molar-refractivity contribution in [1.82, 2.24) is 25.5 Å². The number of nitrogens with one attached hydrogen (secondary N) is 2. The largest absolute Gasteiger partial charge is 0.369 e. The van der Waals surface area contributed by atoms with E-state index in [-0.39, 0.29) is 17.9 Å². The van der Waals surface area contributed by atoms with Gasteiger partial charge in [-0.3, -0.25) is 24.9 Å². The third-order valence-electron chi connectivity index (χ3n) is 7.00. The molecule has 9 heteroatoms. The minimum atomic E-state index is -0.612. The predicted octanol–water partition coefficient (Wildman–Crippen LogP) is 0.370. The molecule has 0 spiro atoms. The molecule has 4 N–H and O–H groups in total. The molecular formula is C21H32N6O3. The Balaban J connectivity index is 1.42. The first-order valence-corrected chi connectivity index (χ1v) is 11.1. The maximum Gasteiger partial charge on any atom is 0.323 e. The molecular weight excluding hydrogens is 384 g/mol. The molecule has 4 rings (SSSR count). The number of amides is 3. The number of hydrogen-bond donors (Lipinski definition) is 3. The molecule has 3 aliphatic rings. The van der Waals surface area contributed by atoms with Crippen LogP contribution in [0.4, 0.5) is 0 Å². The standard InChI is InChI=1S/C21H32N6O3/c1-13-4-7-18(14-5-6-17-16(9-14)10-23-24-17)27(11-13)21(30)20(29)25-26-8-2-3-15(12-26)19(22)28/h10,13-15,18H,2-9,11-12H2,1H3,(H2,22,28)(H,23,24)(H,25,29). The summed E-state index contributed by atoms with van der Waals surface area (Å²) in [5.41, 5.74) is 10.6. The van der Waals surface area contributed by atoms with E-state index in [2.05, 4.69) is 22.5 Å². The van der Waals surface area contributed by atoms with Crippen molar-refractivity contribution >= 4 is 17.7 Å². The fourth-order valence-electron chi connectivity index (χ4n) is 5.30. The van der Waals surface area contributed by atoms with E-state index in [0.717, 1.165) is 44.9 Å². The van der Waals surface area contributed by atoms with Gasteiger partial charge in [0, 0.05) is 31.4 Å². The lowest BCUT2D eigenvalue weighted by molar-refractivity contribution is -0.153. The van der Waals surface area contributed by atoms with Crippen molar-refractivity contribution < 1.29 is 14.4 Å². The quantitative estimate of drug-likeness (QED) is 0.614. The molecule has 9 nitrogen and oxygen atoms in total. The van der Waals surface area contributed by atoms with E-state index in [9.17, 15) is 14.4 Å². The number of primary amides is 1. The van der Waals surface area contributed by atoms with Gasteiger partial charge in [-0.25, -0.2) is 5.01 Å². The SMILES string of the molecule is CC1CCC(C2CCc3[nH]ncc3C2)N(C(=O)C(=O)NN2CCCC(C(N)=O)C2)C1. The molecule has 3 amide bonds. The number of piperidine rings is 2. The fourth-order valence-corrected chi connectivity index (χ4v) is 5.30. The van der Waals surface area contributed by atoms with E-state index in [4.69, 9.17) is 5.73 Å². The van der Waals surface area contributed by atoms with E-state index in [1.165, 1.54) is 11.3 Å². The van der Waals surface area contributed by atoms with Gasteiger partial charge >= 0.3 is 11.8 Å². The molecule has 1 aromatic heterocycles. The Labute approximate surface area is 176 Å². The number of nitrogens with zero attached hydrogens (tertiary/aromatic N) is 3. The van der Waals surface area contributed by atoms with Crippen molar-refractivity contribution in [3.63, 3.8) is 0 Å². The summed E-state index contributed by atoms with van der Waals surface area (Å²) in [6.45, 7) is 3.72. The number of hydrogen-bond acceptors (Lipinski definition) is 5. The number of likely N-dealkylation sites (tertiary alicyclic amines) is 1. The monoisotopic (exact) mass is 416 g/mol. The van der Waals surface area contributed by atoms with Crippen LogP contribution >= 0.6 is 0 Å². The average Bonchev–Trinajstić information content (AvgIpc) is 3.21. The van der Waals surface area contributed by atoms with Crippen LogP contribution in [0.2, 0.25) is 0 Å². The number of aromatic nitrogens is 2. The highest BCUT2D eigenvalue weighted by atomic mass is 16.2. The summed E-state index contributed by atoms with van der Waals surface area (Å²) in [4.78, 5) is 39.3. The second kappa shape index (κ2) is 8.75. The molecule has 3 heterocycles. The van der Waals surface area contributed by atoms with Crippen LogP contribution in [-0.4, -0.2) is 63.5 Å². The molecule has 164 valence electrons. The third-order valence-corrected chi connectivity index (χ3v) is 7.00. The van der Waals surface area contributed by atoms with Crippen molar-refractivity contribution in [2.24, 2.45) is 23.5 Å². The fraction of sp³-hybridized carbons (Fsp3) is 0.714. The van der Waals surface area contributed by atoms with E-state index in [1.54, 1.807) is 9.91 Å². The van der Waals surface area contributed by atoms with Gasteiger partial charge in [0.25, 0.3) is 0 Å². The van der Waals surface area contributed by atoms with E-state index in [0.29, 0.717) is 31.5 Å². The molecule has 2 fully saturated rings. The molecule has 2 aliphatic heterocycles. The van der Waals surface area contributed by atoms with Crippen LogP contribution in [0.15, 0.2) is 6.20 Å². The van der Waals surface area contributed by atoms with E-state index in [1.807, 2.05) is 6.20 Å². The minimum absolute atomic E-state index is 0.0715. The Morgan fingerprint density at radius 3 is 2.83 bits per heavy atom. The second-order valence-corrected chi connectivity index (χ2v) is 9.21. The molecule has 30 heavy (non-hydrogen) atoms. The first-order chi connectivity index (χ1) is 14.4. The predicted molar refractivity (Wildman–Crippen MR) is 110 cm³/mol. The van der Waals surface area contributed by atoms with E-state index >= 15 is 0 Å². The van der Waals surface area contributed by atoms with Gasteiger partial charge in [0.2, 0.25) is 5.91 Å². The highest BCUT2D eigenvalue weighted by Gasteiger charge is 2.39. The number of aryl methyl sites for hydroxylation is 1. The van der Waals surface area contributed by atoms with Gasteiger partial charge < -0.3 is 10.6 Å². The molecule has 1 aromatic rings. The maximum absolute atomic E-state index is 13.2. The normalized spacial score (nSPS) is 29.8. The number of fused-ring (bicyclic) bond motifs is 1. The number of H-pyrrole nitrogens is 1. The lowest BCUT2D eigenvalue weighted by Crippen LogP contribution is -2.58. The maximum atomic E-state index is 13.2. The van der Waals surface area contributed by atoms with Gasteiger partial charge in [-0.1, -0.05) is 6.92 Å². The first-order valence-electron chi connectivity index (χ1n) is 11.1. The summed E-state index contributed by atoms with van der Waals surface area (Å²) in [7, 11) is 0. The topological polar surface area (TPSA) is 124 Å². The van der Waals surface area contributed by atoms with Gasteiger partial charge in [-0.05, 0) is 62.3 Å². The Morgan fingerprint density at radius 1 is 1.20 bits per heavy atom. The first kappa shape index (κ1) is 20.8. The molecule has 0 radical (unpaired) electrons. The van der Waals surface area contributed by atoms with Crippen molar-refractivity contribution in [2.75, 3.05) is 19.6 Å². The Hall–Kier alpha value is -2.42. The zero-order valence-electron chi connectivity index (χ0n) is 17.6. The summed E-state index contributed by atoms with van der Waals surface area (Å²) in [6.07, 6.45) is 8.18. The van der Waals surface area contributed by atoms with Crippen molar-refractivity contribution in [3.8, 4) is 0 Å². The van der Waals surface area contributed by atoms with Gasteiger partial charge in [0.05, 0.1) is 12.1 Å². The van der Waals surface area contributed by atoms with Crippen molar-refractivity contribution in [3.05, 3.63) is 17.5 Å². The smallest absolute Gasteiger partial charge is 0.323 e. The third kappa shape index (κ3) is 4.35. The van der Waals surface area contributed by atoms with Gasteiger partial charge in [-0.2, -0.15) is 5.10 Å². The van der Waals surface area contributed by atoms with Crippen molar-refractivity contribution in [2.45, 2.75) is 57.9 Å². The number of rotatable bonds is 3. The summed E-state index contributed by atoms with van der Waals surface area (Å²) in [5.74, 6) is -1.01. The second-order valence-electron chi connectivity index (χ2n) is 9.21. The minimum Gasteiger partial charge on any atom is -0.369 e. The summed E-state index contributed by atoms with van der Waals surface area (Å²) < 4.78 is 0. The molecule has 0 aromatic carbocycles. The van der Waals surface area contributed by atoms with Gasteiger partial charge in [-0.15, -0.1) is 0 Å². The summed E-state index contributed by atoms with van der Waals surface area (Å²) in [6, 6.07) is 0.0715. The van der Waals surface area contributed by atoms with Crippen LogP contribution in [0.1, 0.15) is 50.3 Å². The van der Waals surface area contributed by atoms with Crippen LogP contribution in [-0.2, 0) is 27.2 Å². The van der Waals surface area contributed by atoms with Gasteiger partial charge in [0.15, 0.2) is 0 Å². The molecule has 1 aliphatic carbocycles. The number of aromatic amines is 1.